The maximum atomic E-state index is 10.9. The third kappa shape index (κ3) is 2.90. The lowest BCUT2D eigenvalue weighted by atomic mass is 10.00. The van der Waals surface area contributed by atoms with Crippen LogP contribution in [0.25, 0.3) is 0 Å². The molecule has 1 heterocycles. The van der Waals surface area contributed by atoms with Crippen LogP contribution in [0.3, 0.4) is 0 Å². The van der Waals surface area contributed by atoms with E-state index in [2.05, 4.69) is 10.3 Å². The van der Waals surface area contributed by atoms with Crippen molar-refractivity contribution in [2.24, 2.45) is 5.92 Å². The van der Waals surface area contributed by atoms with Gasteiger partial charge in [-0.15, -0.1) is 0 Å². The summed E-state index contributed by atoms with van der Waals surface area (Å²) in [6.07, 6.45) is 4.81. The molecule has 5 nitrogen and oxygen atoms in total. The van der Waals surface area contributed by atoms with Gasteiger partial charge in [0.05, 0.1) is 4.92 Å². The zero-order valence-electron chi connectivity index (χ0n) is 10.2. The molecule has 0 saturated heterocycles. The molecule has 1 aliphatic rings. The summed E-state index contributed by atoms with van der Waals surface area (Å²) < 4.78 is 0. The molecule has 18 heavy (non-hydrogen) atoms. The molecule has 1 atom stereocenters. The molecule has 1 aliphatic carbocycles. The van der Waals surface area contributed by atoms with Gasteiger partial charge < -0.3 is 5.32 Å². The number of aromatic nitrogens is 1. The Morgan fingerprint density at radius 2 is 2.17 bits per heavy atom. The number of nitrogens with zero attached hydrogens (tertiary/aromatic N) is 2. The van der Waals surface area contributed by atoms with Gasteiger partial charge in [-0.25, -0.2) is 4.98 Å². The number of nitro groups is 1. The fourth-order valence-corrected chi connectivity index (χ4v) is 2.62. The third-order valence-electron chi connectivity index (χ3n) is 3.51. The first kappa shape index (κ1) is 13.1. The van der Waals surface area contributed by atoms with Gasteiger partial charge >= 0.3 is 5.69 Å². The number of hydrogen-bond acceptors (Lipinski definition) is 4. The minimum atomic E-state index is -0.437. The second-order valence-electron chi connectivity index (χ2n) is 4.74. The lowest BCUT2D eigenvalue weighted by Crippen LogP contribution is -2.24. The summed E-state index contributed by atoms with van der Waals surface area (Å²) in [5.74, 6) is 0.831. The Morgan fingerprint density at radius 1 is 1.50 bits per heavy atom. The zero-order valence-corrected chi connectivity index (χ0v) is 11.0. The van der Waals surface area contributed by atoms with Crippen LogP contribution in [-0.4, -0.2) is 15.9 Å². The van der Waals surface area contributed by atoms with Crippen LogP contribution < -0.4 is 5.32 Å². The lowest BCUT2D eigenvalue weighted by Gasteiger charge is -2.20. The van der Waals surface area contributed by atoms with Crippen molar-refractivity contribution in [1.82, 2.24) is 4.98 Å². The average Bonchev–Trinajstić information content (AvgIpc) is 2.81. The van der Waals surface area contributed by atoms with Gasteiger partial charge in [0.15, 0.2) is 0 Å². The zero-order chi connectivity index (χ0) is 13.1. The molecule has 0 spiro atoms. The average molecular weight is 270 g/mol. The van der Waals surface area contributed by atoms with Gasteiger partial charge in [0.2, 0.25) is 5.82 Å². The number of rotatable bonds is 4. The minimum absolute atomic E-state index is 0.0238. The number of pyridine rings is 1. The smallest absolute Gasteiger partial charge is 0.311 e. The molecule has 0 aromatic carbocycles. The molecule has 1 N–H and O–H groups in total. The summed E-state index contributed by atoms with van der Waals surface area (Å²) in [6, 6.07) is 3.00. The first-order valence-electron chi connectivity index (χ1n) is 6.15. The Morgan fingerprint density at radius 3 is 2.78 bits per heavy atom. The molecule has 6 heteroatoms. The predicted molar refractivity (Wildman–Crippen MR) is 70.9 cm³/mol. The molecule has 98 valence electrons. The molecule has 1 aromatic heterocycles. The van der Waals surface area contributed by atoms with E-state index in [0.29, 0.717) is 5.92 Å². The van der Waals surface area contributed by atoms with Gasteiger partial charge in [-0.05, 0) is 31.7 Å². The first-order chi connectivity index (χ1) is 8.58. The SMILES string of the molecule is CC(Nc1nc(Cl)ccc1[N+](=O)[O-])C1CCCC1. The quantitative estimate of drug-likeness (QED) is 0.515. The van der Waals surface area contributed by atoms with Crippen LogP contribution in [-0.2, 0) is 0 Å². The van der Waals surface area contributed by atoms with Gasteiger partial charge in [-0.2, -0.15) is 0 Å². The van der Waals surface area contributed by atoms with Gasteiger partial charge in [0.1, 0.15) is 5.15 Å². The predicted octanol–water partition coefficient (Wildman–Crippen LogP) is 3.63. The van der Waals surface area contributed by atoms with Gasteiger partial charge in [-0.1, -0.05) is 24.4 Å². The monoisotopic (exact) mass is 269 g/mol. The number of anilines is 1. The molecular weight excluding hydrogens is 254 g/mol. The van der Waals surface area contributed by atoms with Crippen molar-refractivity contribution in [2.75, 3.05) is 5.32 Å². The Kier molecular flexibility index (Phi) is 4.01. The third-order valence-corrected chi connectivity index (χ3v) is 3.72. The maximum absolute atomic E-state index is 10.9. The molecule has 1 unspecified atom stereocenters. The Bertz CT molecular complexity index is 447. The van der Waals surface area contributed by atoms with E-state index >= 15 is 0 Å². The highest BCUT2D eigenvalue weighted by Crippen LogP contribution is 2.31. The number of halogens is 1. The fraction of sp³-hybridized carbons (Fsp3) is 0.583. The highest BCUT2D eigenvalue weighted by Gasteiger charge is 2.24. The summed E-state index contributed by atoms with van der Waals surface area (Å²) in [4.78, 5) is 14.5. The minimum Gasteiger partial charge on any atom is -0.362 e. The Balaban J connectivity index is 2.16. The molecule has 0 bridgehead atoms. The normalized spacial score (nSPS) is 17.7. The van der Waals surface area contributed by atoms with E-state index < -0.39 is 4.92 Å². The van der Waals surface area contributed by atoms with Crippen LogP contribution in [0.4, 0.5) is 11.5 Å². The van der Waals surface area contributed by atoms with Crippen LogP contribution in [0.15, 0.2) is 12.1 Å². The van der Waals surface area contributed by atoms with E-state index in [1.54, 1.807) is 0 Å². The van der Waals surface area contributed by atoms with Crippen LogP contribution in [0.5, 0.6) is 0 Å². The molecule has 0 radical (unpaired) electrons. The molecule has 1 aromatic rings. The van der Waals surface area contributed by atoms with Crippen LogP contribution in [0, 0.1) is 16.0 Å². The summed E-state index contributed by atoms with van der Waals surface area (Å²) in [5.41, 5.74) is -0.0238. The van der Waals surface area contributed by atoms with E-state index in [-0.39, 0.29) is 22.7 Å². The highest BCUT2D eigenvalue weighted by molar-refractivity contribution is 6.29. The summed E-state index contributed by atoms with van der Waals surface area (Å²) in [5, 5.41) is 14.3. The number of hydrogen-bond donors (Lipinski definition) is 1. The standard InChI is InChI=1S/C12H16ClN3O2/c1-8(9-4-2-3-5-9)14-12-10(16(17)18)6-7-11(13)15-12/h6-9H,2-5H2,1H3,(H,14,15). The van der Waals surface area contributed by atoms with Crippen molar-refractivity contribution in [3.05, 3.63) is 27.4 Å². The van der Waals surface area contributed by atoms with Crippen molar-refractivity contribution >= 4 is 23.1 Å². The van der Waals surface area contributed by atoms with Crippen LogP contribution >= 0.6 is 11.6 Å². The molecule has 0 amide bonds. The van der Waals surface area contributed by atoms with Gasteiger partial charge in [0.25, 0.3) is 0 Å². The van der Waals surface area contributed by atoms with E-state index in [9.17, 15) is 10.1 Å². The summed E-state index contributed by atoms with van der Waals surface area (Å²) in [7, 11) is 0. The van der Waals surface area contributed by atoms with Crippen molar-refractivity contribution < 1.29 is 4.92 Å². The largest absolute Gasteiger partial charge is 0.362 e. The van der Waals surface area contributed by atoms with Crippen LogP contribution in [0.1, 0.15) is 32.6 Å². The summed E-state index contributed by atoms with van der Waals surface area (Å²) in [6.45, 7) is 2.04. The Hall–Kier alpha value is -1.36. The van der Waals surface area contributed by atoms with Crippen molar-refractivity contribution in [3.63, 3.8) is 0 Å². The molecule has 1 saturated carbocycles. The van der Waals surface area contributed by atoms with E-state index in [4.69, 9.17) is 11.6 Å². The highest BCUT2D eigenvalue weighted by atomic mass is 35.5. The second kappa shape index (κ2) is 5.52. The lowest BCUT2D eigenvalue weighted by molar-refractivity contribution is -0.384. The fourth-order valence-electron chi connectivity index (χ4n) is 2.47. The Labute approximate surface area is 111 Å². The van der Waals surface area contributed by atoms with Gasteiger partial charge in [0, 0.05) is 12.1 Å². The topological polar surface area (TPSA) is 68.1 Å². The van der Waals surface area contributed by atoms with Crippen LogP contribution in [0.2, 0.25) is 5.15 Å². The molecule has 2 rings (SSSR count). The first-order valence-corrected chi connectivity index (χ1v) is 6.53. The van der Waals surface area contributed by atoms with Gasteiger partial charge in [-0.3, -0.25) is 10.1 Å². The van der Waals surface area contributed by atoms with Crippen molar-refractivity contribution in [1.29, 1.82) is 0 Å². The summed E-state index contributed by atoms with van der Waals surface area (Å²) >= 11 is 5.79. The van der Waals surface area contributed by atoms with E-state index in [1.807, 2.05) is 6.92 Å². The van der Waals surface area contributed by atoms with E-state index in [1.165, 1.54) is 37.8 Å². The number of nitrogens with one attached hydrogen (secondary N) is 1. The molecule has 1 fully saturated rings. The van der Waals surface area contributed by atoms with Crippen molar-refractivity contribution in [3.8, 4) is 0 Å². The molecule has 0 aliphatic heterocycles. The second-order valence-corrected chi connectivity index (χ2v) is 5.12. The van der Waals surface area contributed by atoms with Crippen molar-refractivity contribution in [2.45, 2.75) is 38.6 Å². The molecular formula is C12H16ClN3O2. The van der Waals surface area contributed by atoms with E-state index in [0.717, 1.165) is 0 Å². The maximum Gasteiger partial charge on any atom is 0.311 e.